The number of benzene rings is 2. The van der Waals surface area contributed by atoms with Gasteiger partial charge in [-0.1, -0.05) is 60.7 Å². The first-order chi connectivity index (χ1) is 13.1. The monoisotopic (exact) mass is 381 g/mol. The molecule has 27 heavy (non-hydrogen) atoms. The van der Waals surface area contributed by atoms with Gasteiger partial charge in [0.25, 0.3) is 0 Å². The minimum absolute atomic E-state index is 0.129. The van der Waals surface area contributed by atoms with Gasteiger partial charge in [-0.25, -0.2) is 13.1 Å². The number of hydrogen-bond donors (Lipinski definition) is 1. The van der Waals surface area contributed by atoms with Crippen LogP contribution >= 0.6 is 0 Å². The Bertz CT molecular complexity index is 974. The molecular formula is C20H19N3O3S. The average Bonchev–Trinajstić information content (AvgIpc) is 2.72. The van der Waals surface area contributed by atoms with Crippen molar-refractivity contribution < 1.29 is 13.2 Å². The zero-order valence-corrected chi connectivity index (χ0v) is 15.3. The van der Waals surface area contributed by atoms with E-state index in [2.05, 4.69) is 14.9 Å². The lowest BCUT2D eigenvalue weighted by molar-refractivity contribution is 0.307. The molecule has 0 aliphatic carbocycles. The van der Waals surface area contributed by atoms with E-state index in [0.717, 1.165) is 22.2 Å². The standard InChI is InChI=1S/C20H19N3O3S/c24-27(25,16-13-17-7-3-1-4-8-17)21-14-15-26-20-12-11-19(22-23-20)18-9-5-2-6-10-18/h1-13,16,21H,14-15H2/b16-13+. The van der Waals surface area contributed by atoms with Crippen LogP contribution in [0, 0.1) is 0 Å². The summed E-state index contributed by atoms with van der Waals surface area (Å²) in [4.78, 5) is 0. The predicted octanol–water partition coefficient (Wildman–Crippen LogP) is 3.11. The first-order valence-electron chi connectivity index (χ1n) is 8.37. The third-order valence-electron chi connectivity index (χ3n) is 3.60. The number of ether oxygens (including phenoxy) is 1. The van der Waals surface area contributed by atoms with Gasteiger partial charge in [0.1, 0.15) is 6.61 Å². The molecule has 0 saturated carbocycles. The summed E-state index contributed by atoms with van der Waals surface area (Å²) in [5, 5.41) is 9.25. The van der Waals surface area contributed by atoms with E-state index in [4.69, 9.17) is 4.74 Å². The first-order valence-corrected chi connectivity index (χ1v) is 9.92. The van der Waals surface area contributed by atoms with Crippen LogP contribution in [0.15, 0.2) is 78.2 Å². The molecule has 0 aliphatic heterocycles. The molecule has 0 atom stereocenters. The van der Waals surface area contributed by atoms with Gasteiger partial charge in [-0.05, 0) is 17.7 Å². The van der Waals surface area contributed by atoms with Gasteiger partial charge >= 0.3 is 0 Å². The van der Waals surface area contributed by atoms with Gasteiger partial charge in [0.05, 0.1) is 5.69 Å². The Morgan fingerprint density at radius 1 is 0.889 bits per heavy atom. The number of nitrogens with one attached hydrogen (secondary N) is 1. The van der Waals surface area contributed by atoms with Crippen molar-refractivity contribution >= 4 is 16.1 Å². The SMILES string of the molecule is O=S(=O)(/C=C/c1ccccc1)NCCOc1ccc(-c2ccccc2)nn1. The molecule has 3 rings (SSSR count). The Labute approximate surface area is 158 Å². The number of sulfonamides is 1. The van der Waals surface area contributed by atoms with Crippen molar-refractivity contribution in [2.24, 2.45) is 0 Å². The van der Waals surface area contributed by atoms with E-state index in [1.54, 1.807) is 6.07 Å². The molecule has 6 nitrogen and oxygen atoms in total. The van der Waals surface area contributed by atoms with Crippen molar-refractivity contribution in [2.45, 2.75) is 0 Å². The lowest BCUT2D eigenvalue weighted by atomic mass is 10.1. The van der Waals surface area contributed by atoms with Gasteiger partial charge in [0.15, 0.2) is 0 Å². The third-order valence-corrected chi connectivity index (χ3v) is 4.70. The van der Waals surface area contributed by atoms with E-state index in [1.807, 2.05) is 66.7 Å². The quantitative estimate of drug-likeness (QED) is 0.607. The molecule has 0 spiro atoms. The van der Waals surface area contributed by atoms with Crippen LogP contribution < -0.4 is 9.46 Å². The highest BCUT2D eigenvalue weighted by Crippen LogP contribution is 2.16. The van der Waals surface area contributed by atoms with Crippen LogP contribution in [0.25, 0.3) is 17.3 Å². The van der Waals surface area contributed by atoms with Crippen LogP contribution in [-0.4, -0.2) is 31.8 Å². The van der Waals surface area contributed by atoms with Crippen LogP contribution in [0.3, 0.4) is 0 Å². The molecular weight excluding hydrogens is 362 g/mol. The van der Waals surface area contributed by atoms with Gasteiger partial charge in [-0.2, -0.15) is 0 Å². The smallest absolute Gasteiger partial charge is 0.233 e. The Balaban J connectivity index is 1.46. The van der Waals surface area contributed by atoms with Crippen molar-refractivity contribution in [3.8, 4) is 17.1 Å². The van der Waals surface area contributed by atoms with Crippen LogP contribution in [-0.2, 0) is 10.0 Å². The zero-order chi connectivity index (χ0) is 19.0. The largest absolute Gasteiger partial charge is 0.475 e. The highest BCUT2D eigenvalue weighted by atomic mass is 32.2. The molecule has 3 aromatic rings. The maximum absolute atomic E-state index is 11.9. The Morgan fingerprint density at radius 2 is 1.59 bits per heavy atom. The molecule has 0 fully saturated rings. The van der Waals surface area contributed by atoms with E-state index in [0.29, 0.717) is 5.88 Å². The van der Waals surface area contributed by atoms with E-state index >= 15 is 0 Å². The maximum Gasteiger partial charge on any atom is 0.233 e. The molecule has 0 aliphatic rings. The first kappa shape index (κ1) is 18.8. The summed E-state index contributed by atoms with van der Waals surface area (Å²) in [6.45, 7) is 0.279. The van der Waals surface area contributed by atoms with Crippen LogP contribution in [0.1, 0.15) is 5.56 Å². The summed E-state index contributed by atoms with van der Waals surface area (Å²) in [5.41, 5.74) is 2.53. The molecule has 2 aromatic carbocycles. The molecule has 1 N–H and O–H groups in total. The fraction of sp³-hybridized carbons (Fsp3) is 0.100. The summed E-state index contributed by atoms with van der Waals surface area (Å²) in [6, 6.07) is 22.4. The fourth-order valence-corrected chi connectivity index (χ4v) is 3.08. The van der Waals surface area contributed by atoms with Crippen molar-refractivity contribution in [1.82, 2.24) is 14.9 Å². The normalized spacial score (nSPS) is 11.6. The van der Waals surface area contributed by atoms with Gasteiger partial charge in [0, 0.05) is 23.6 Å². The molecule has 1 aromatic heterocycles. The number of rotatable bonds is 8. The molecule has 0 radical (unpaired) electrons. The summed E-state index contributed by atoms with van der Waals surface area (Å²) >= 11 is 0. The van der Waals surface area contributed by atoms with Gasteiger partial charge in [0.2, 0.25) is 15.9 Å². The van der Waals surface area contributed by atoms with Crippen LogP contribution in [0.4, 0.5) is 0 Å². The lowest BCUT2D eigenvalue weighted by Crippen LogP contribution is -2.26. The molecule has 0 amide bonds. The second-order valence-corrected chi connectivity index (χ2v) is 7.27. The van der Waals surface area contributed by atoms with E-state index in [9.17, 15) is 8.42 Å². The summed E-state index contributed by atoms with van der Waals surface area (Å²) in [7, 11) is -3.52. The molecule has 0 saturated heterocycles. The minimum atomic E-state index is -3.52. The second-order valence-electron chi connectivity index (χ2n) is 5.62. The van der Waals surface area contributed by atoms with Gasteiger partial charge < -0.3 is 4.74 Å². The van der Waals surface area contributed by atoms with E-state index < -0.39 is 10.0 Å². The molecule has 0 unspecified atom stereocenters. The van der Waals surface area contributed by atoms with Gasteiger partial charge in [-0.15, -0.1) is 10.2 Å². The average molecular weight is 381 g/mol. The zero-order valence-electron chi connectivity index (χ0n) is 14.5. The summed E-state index contributed by atoms with van der Waals surface area (Å²) < 4.78 is 31.7. The summed E-state index contributed by atoms with van der Waals surface area (Å²) in [6.07, 6.45) is 1.54. The Kier molecular flexibility index (Phi) is 6.30. The number of nitrogens with zero attached hydrogens (tertiary/aromatic N) is 2. The Hall–Kier alpha value is -3.03. The van der Waals surface area contributed by atoms with E-state index in [-0.39, 0.29) is 13.2 Å². The highest BCUT2D eigenvalue weighted by molar-refractivity contribution is 7.92. The fourth-order valence-electron chi connectivity index (χ4n) is 2.28. The maximum atomic E-state index is 11.9. The van der Waals surface area contributed by atoms with Crippen molar-refractivity contribution in [1.29, 1.82) is 0 Å². The Morgan fingerprint density at radius 3 is 2.26 bits per heavy atom. The molecule has 7 heteroatoms. The topological polar surface area (TPSA) is 81.2 Å². The van der Waals surface area contributed by atoms with Crippen molar-refractivity contribution in [3.05, 3.63) is 83.8 Å². The minimum Gasteiger partial charge on any atom is -0.475 e. The highest BCUT2D eigenvalue weighted by Gasteiger charge is 2.05. The molecule has 1 heterocycles. The van der Waals surface area contributed by atoms with Gasteiger partial charge in [-0.3, -0.25) is 0 Å². The summed E-state index contributed by atoms with van der Waals surface area (Å²) in [5.74, 6) is 0.341. The lowest BCUT2D eigenvalue weighted by Gasteiger charge is -2.06. The van der Waals surface area contributed by atoms with Crippen LogP contribution in [0.5, 0.6) is 5.88 Å². The molecule has 0 bridgehead atoms. The number of hydrogen-bond acceptors (Lipinski definition) is 5. The molecule has 138 valence electrons. The third kappa shape index (κ3) is 6.02. The van der Waals surface area contributed by atoms with Crippen LogP contribution in [0.2, 0.25) is 0 Å². The van der Waals surface area contributed by atoms with Crippen molar-refractivity contribution in [2.75, 3.05) is 13.2 Å². The second kappa shape index (κ2) is 9.07. The van der Waals surface area contributed by atoms with Crippen molar-refractivity contribution in [3.63, 3.8) is 0 Å². The van der Waals surface area contributed by atoms with E-state index in [1.165, 1.54) is 6.08 Å². The number of aromatic nitrogens is 2. The predicted molar refractivity (Wildman–Crippen MR) is 105 cm³/mol.